The molecule has 0 N–H and O–H groups in total. The van der Waals surface area contributed by atoms with Gasteiger partial charge in [0.05, 0.1) is 6.54 Å². The van der Waals surface area contributed by atoms with E-state index in [-0.39, 0.29) is 0 Å². The SMILES string of the molecule is SCCCCCCN1CCn2cnnc2C1. The van der Waals surface area contributed by atoms with Crippen LogP contribution in [0.25, 0.3) is 0 Å². The molecule has 1 aromatic heterocycles. The molecule has 0 aliphatic carbocycles. The first-order valence-electron chi connectivity index (χ1n) is 6.10. The molecule has 0 bridgehead atoms. The maximum atomic E-state index is 4.22. The highest BCUT2D eigenvalue weighted by Gasteiger charge is 2.16. The van der Waals surface area contributed by atoms with Gasteiger partial charge in [-0.05, 0) is 25.1 Å². The lowest BCUT2D eigenvalue weighted by Crippen LogP contribution is -2.34. The van der Waals surface area contributed by atoms with Crippen LogP contribution in [0.5, 0.6) is 0 Å². The van der Waals surface area contributed by atoms with Crippen molar-refractivity contribution in [2.24, 2.45) is 0 Å². The molecular formula is C11H20N4S. The van der Waals surface area contributed by atoms with Gasteiger partial charge in [0, 0.05) is 13.1 Å². The molecule has 2 rings (SSSR count). The van der Waals surface area contributed by atoms with Gasteiger partial charge in [0.15, 0.2) is 0 Å². The minimum absolute atomic E-state index is 0.965. The second-order valence-electron chi connectivity index (χ2n) is 4.35. The fraction of sp³-hybridized carbons (Fsp3) is 0.818. The van der Waals surface area contributed by atoms with Crippen LogP contribution in [0.2, 0.25) is 0 Å². The van der Waals surface area contributed by atoms with E-state index in [1.807, 2.05) is 6.33 Å². The van der Waals surface area contributed by atoms with Gasteiger partial charge in [-0.15, -0.1) is 10.2 Å². The molecular weight excluding hydrogens is 220 g/mol. The Hall–Kier alpha value is -0.550. The number of fused-ring (bicyclic) bond motifs is 1. The fourth-order valence-electron chi connectivity index (χ4n) is 2.11. The summed E-state index contributed by atoms with van der Waals surface area (Å²) in [7, 11) is 0. The first-order valence-corrected chi connectivity index (χ1v) is 6.73. The molecule has 0 unspecified atom stereocenters. The highest BCUT2D eigenvalue weighted by Crippen LogP contribution is 2.10. The van der Waals surface area contributed by atoms with Crippen molar-refractivity contribution in [1.29, 1.82) is 0 Å². The summed E-state index contributed by atoms with van der Waals surface area (Å²) in [5.41, 5.74) is 0. The summed E-state index contributed by atoms with van der Waals surface area (Å²) in [4.78, 5) is 2.48. The van der Waals surface area contributed by atoms with Crippen LogP contribution in [0.1, 0.15) is 31.5 Å². The number of thiol groups is 1. The Morgan fingerprint density at radius 3 is 2.94 bits per heavy atom. The summed E-state index contributed by atoms with van der Waals surface area (Å²) >= 11 is 4.22. The van der Waals surface area contributed by atoms with Crippen LogP contribution in [0.4, 0.5) is 0 Å². The first kappa shape index (κ1) is 11.9. The predicted octanol–water partition coefficient (Wildman–Crippen LogP) is 1.58. The molecule has 0 spiro atoms. The van der Waals surface area contributed by atoms with Gasteiger partial charge in [-0.25, -0.2) is 0 Å². The van der Waals surface area contributed by atoms with E-state index in [2.05, 4.69) is 32.3 Å². The largest absolute Gasteiger partial charge is 0.315 e. The topological polar surface area (TPSA) is 34.0 Å². The van der Waals surface area contributed by atoms with Crippen LogP contribution in [-0.4, -0.2) is 38.5 Å². The number of rotatable bonds is 6. The smallest absolute Gasteiger partial charge is 0.147 e. The van der Waals surface area contributed by atoms with Crippen LogP contribution < -0.4 is 0 Å². The van der Waals surface area contributed by atoms with Crippen LogP contribution in [-0.2, 0) is 13.1 Å². The van der Waals surface area contributed by atoms with E-state index in [1.54, 1.807) is 0 Å². The molecule has 0 amide bonds. The maximum Gasteiger partial charge on any atom is 0.147 e. The Balaban J connectivity index is 1.65. The molecule has 0 saturated heterocycles. The van der Waals surface area contributed by atoms with Crippen LogP contribution in [0.3, 0.4) is 0 Å². The van der Waals surface area contributed by atoms with E-state index in [1.165, 1.54) is 32.2 Å². The van der Waals surface area contributed by atoms with Crippen molar-refractivity contribution >= 4 is 12.6 Å². The van der Waals surface area contributed by atoms with E-state index in [0.717, 1.165) is 31.2 Å². The van der Waals surface area contributed by atoms with E-state index in [4.69, 9.17) is 0 Å². The Morgan fingerprint density at radius 2 is 2.06 bits per heavy atom. The van der Waals surface area contributed by atoms with Gasteiger partial charge in [0.25, 0.3) is 0 Å². The van der Waals surface area contributed by atoms with Gasteiger partial charge in [0.1, 0.15) is 12.2 Å². The summed E-state index contributed by atoms with van der Waals surface area (Å²) in [6, 6.07) is 0. The third kappa shape index (κ3) is 3.22. The van der Waals surface area contributed by atoms with Crippen LogP contribution >= 0.6 is 12.6 Å². The minimum atomic E-state index is 0.965. The lowest BCUT2D eigenvalue weighted by atomic mass is 10.2. The number of hydrogen-bond acceptors (Lipinski definition) is 4. The van der Waals surface area contributed by atoms with Crippen molar-refractivity contribution in [3.8, 4) is 0 Å². The summed E-state index contributed by atoms with van der Waals surface area (Å²) < 4.78 is 2.15. The van der Waals surface area contributed by atoms with Crippen molar-refractivity contribution in [2.75, 3.05) is 18.8 Å². The van der Waals surface area contributed by atoms with Crippen LogP contribution in [0.15, 0.2) is 6.33 Å². The Labute approximate surface area is 102 Å². The molecule has 0 fully saturated rings. The average molecular weight is 240 g/mol. The summed E-state index contributed by atoms with van der Waals surface area (Å²) in [6.07, 6.45) is 7.01. The second kappa shape index (κ2) is 6.25. The van der Waals surface area contributed by atoms with Gasteiger partial charge in [-0.1, -0.05) is 12.8 Å². The molecule has 1 aromatic rings. The van der Waals surface area contributed by atoms with E-state index in [0.29, 0.717) is 0 Å². The highest BCUT2D eigenvalue weighted by molar-refractivity contribution is 7.80. The first-order chi connectivity index (χ1) is 7.90. The standard InChI is InChI=1S/C11H20N4S/c16-8-4-2-1-3-5-14-6-7-15-10-12-13-11(15)9-14/h10,16H,1-9H2. The molecule has 0 atom stereocenters. The zero-order valence-corrected chi connectivity index (χ0v) is 10.6. The Morgan fingerprint density at radius 1 is 1.19 bits per heavy atom. The predicted molar refractivity (Wildman–Crippen MR) is 67.6 cm³/mol. The minimum Gasteiger partial charge on any atom is -0.315 e. The molecule has 1 aliphatic rings. The van der Waals surface area contributed by atoms with Gasteiger partial charge in [-0.3, -0.25) is 4.90 Å². The number of hydrogen-bond donors (Lipinski definition) is 1. The van der Waals surface area contributed by atoms with E-state index in [9.17, 15) is 0 Å². The van der Waals surface area contributed by atoms with Crippen molar-refractivity contribution in [1.82, 2.24) is 19.7 Å². The van der Waals surface area contributed by atoms with Crippen molar-refractivity contribution in [2.45, 2.75) is 38.8 Å². The van der Waals surface area contributed by atoms with Gasteiger partial charge in [0.2, 0.25) is 0 Å². The number of nitrogens with zero attached hydrogens (tertiary/aromatic N) is 4. The molecule has 90 valence electrons. The Kier molecular flexibility index (Phi) is 4.66. The van der Waals surface area contributed by atoms with Gasteiger partial charge >= 0.3 is 0 Å². The molecule has 4 nitrogen and oxygen atoms in total. The lowest BCUT2D eigenvalue weighted by molar-refractivity contribution is 0.212. The zero-order chi connectivity index (χ0) is 11.2. The molecule has 0 saturated carbocycles. The molecule has 0 radical (unpaired) electrons. The quantitative estimate of drug-likeness (QED) is 0.605. The maximum absolute atomic E-state index is 4.22. The summed E-state index contributed by atoms with van der Waals surface area (Å²) in [6.45, 7) is 4.34. The normalized spacial score (nSPS) is 16.3. The molecule has 5 heteroatoms. The third-order valence-electron chi connectivity index (χ3n) is 3.10. The van der Waals surface area contributed by atoms with Crippen molar-refractivity contribution < 1.29 is 0 Å². The van der Waals surface area contributed by atoms with Gasteiger partial charge < -0.3 is 4.57 Å². The number of aromatic nitrogens is 3. The third-order valence-corrected chi connectivity index (χ3v) is 3.42. The molecule has 1 aliphatic heterocycles. The lowest BCUT2D eigenvalue weighted by Gasteiger charge is -2.26. The molecule has 16 heavy (non-hydrogen) atoms. The van der Waals surface area contributed by atoms with Gasteiger partial charge in [-0.2, -0.15) is 12.6 Å². The second-order valence-corrected chi connectivity index (χ2v) is 4.80. The average Bonchev–Trinajstić information content (AvgIpc) is 2.76. The zero-order valence-electron chi connectivity index (χ0n) is 9.68. The highest BCUT2D eigenvalue weighted by atomic mass is 32.1. The monoisotopic (exact) mass is 240 g/mol. The fourth-order valence-corrected chi connectivity index (χ4v) is 2.33. The molecule has 0 aromatic carbocycles. The molecule has 2 heterocycles. The van der Waals surface area contributed by atoms with Crippen molar-refractivity contribution in [3.05, 3.63) is 12.2 Å². The summed E-state index contributed by atoms with van der Waals surface area (Å²) in [5, 5.41) is 8.06. The number of unbranched alkanes of at least 4 members (excludes halogenated alkanes) is 3. The van der Waals surface area contributed by atoms with Crippen LogP contribution in [0, 0.1) is 0 Å². The Bertz CT molecular complexity index is 313. The van der Waals surface area contributed by atoms with E-state index >= 15 is 0 Å². The van der Waals surface area contributed by atoms with E-state index < -0.39 is 0 Å². The summed E-state index contributed by atoms with van der Waals surface area (Å²) in [5.74, 6) is 2.13. The van der Waals surface area contributed by atoms with Crippen molar-refractivity contribution in [3.63, 3.8) is 0 Å².